The average Bonchev–Trinajstić information content (AvgIpc) is 3.65. The van der Waals surface area contributed by atoms with Crippen molar-refractivity contribution in [2.75, 3.05) is 7.11 Å². The van der Waals surface area contributed by atoms with Gasteiger partial charge in [-0.3, -0.25) is 4.79 Å². The smallest absolute Gasteiger partial charge is 0.453 e. The number of ketones is 1. The summed E-state index contributed by atoms with van der Waals surface area (Å²) in [5.74, 6) is 0.411. The molecule has 43 heavy (non-hydrogen) atoms. The van der Waals surface area contributed by atoms with E-state index < -0.39 is 13.2 Å². The molecule has 4 aromatic rings. The number of hydrogen-bond donors (Lipinski definition) is 2. The number of aromatic nitrogens is 3. The summed E-state index contributed by atoms with van der Waals surface area (Å²) in [6.45, 7) is 8.90. The van der Waals surface area contributed by atoms with Gasteiger partial charge in [-0.1, -0.05) is 30.3 Å². The lowest BCUT2D eigenvalue weighted by Gasteiger charge is -2.32. The molecule has 2 N–H and O–H groups in total. The summed E-state index contributed by atoms with van der Waals surface area (Å²) < 4.78 is 19.5. The Morgan fingerprint density at radius 3 is 2.60 bits per heavy atom. The first-order valence-corrected chi connectivity index (χ1v) is 15.0. The second kappa shape index (κ2) is 10.1. The van der Waals surface area contributed by atoms with E-state index in [-0.39, 0.29) is 34.9 Å². The van der Waals surface area contributed by atoms with Crippen LogP contribution in [0.2, 0.25) is 0 Å². The highest BCUT2D eigenvalue weighted by Crippen LogP contribution is 2.40. The van der Waals surface area contributed by atoms with Crippen LogP contribution >= 0.6 is 0 Å². The fraction of sp³-hybridized carbons (Fsp3) is 0.424. The summed E-state index contributed by atoms with van der Waals surface area (Å²) in [5.41, 5.74) is 4.35. The SMILES string of the molecule is COC(=O)N[C@H]1CCc2ccn3c2C1C(=O)C[C@H](c1ncc(-c2ccc4cc(B5OC(C)(C)C(C)(C)O5)ccc4c2)[nH]1)C3. The van der Waals surface area contributed by atoms with Crippen LogP contribution in [0.1, 0.15) is 69.5 Å². The van der Waals surface area contributed by atoms with Gasteiger partial charge in [-0.2, -0.15) is 0 Å². The number of nitrogens with one attached hydrogen (secondary N) is 2. The van der Waals surface area contributed by atoms with Crippen LogP contribution in [-0.2, 0) is 31.8 Å². The van der Waals surface area contributed by atoms with E-state index in [2.05, 4.69) is 91.2 Å². The molecule has 10 heteroatoms. The van der Waals surface area contributed by atoms with Crippen LogP contribution in [0.3, 0.4) is 0 Å². The number of carbonyl (C=O) groups excluding carboxylic acids is 2. The standard InChI is InChI=1S/C33H37BN4O5/c1-32(2)33(3,4)43-34(42-32)24-10-8-20-14-22(7-6-21(20)15-24)26-17-35-30(36-26)23-16-27(39)28-25(37-31(40)41-5)11-9-19-12-13-38(18-23)29(19)28/h6-8,10,12-15,17,23,25,28H,9,11,16,18H2,1-5H3,(H,35,36)(H,37,40)/t23-,25-,28?/m0/s1. The van der Waals surface area contributed by atoms with Gasteiger partial charge in [-0.15, -0.1) is 0 Å². The fourth-order valence-corrected chi connectivity index (χ4v) is 6.79. The number of aromatic amines is 1. The predicted molar refractivity (Wildman–Crippen MR) is 164 cm³/mol. The first kappa shape index (κ1) is 27.9. The van der Waals surface area contributed by atoms with Gasteiger partial charge >= 0.3 is 13.2 Å². The molecule has 7 rings (SSSR count). The molecule has 0 spiro atoms. The first-order valence-electron chi connectivity index (χ1n) is 15.0. The molecule has 0 bridgehead atoms. The van der Waals surface area contributed by atoms with Crippen LogP contribution in [0.15, 0.2) is 54.9 Å². The van der Waals surface area contributed by atoms with E-state index in [0.717, 1.165) is 45.4 Å². The zero-order chi connectivity index (χ0) is 30.1. The third-order valence-electron chi connectivity index (χ3n) is 9.90. The van der Waals surface area contributed by atoms with Gasteiger partial charge in [0.15, 0.2) is 0 Å². The van der Waals surface area contributed by atoms with Crippen LogP contribution in [0.25, 0.3) is 22.0 Å². The van der Waals surface area contributed by atoms with Gasteiger partial charge in [0, 0.05) is 42.4 Å². The number of alkyl carbamates (subject to hydrolysis) is 1. The summed E-state index contributed by atoms with van der Waals surface area (Å²) in [4.78, 5) is 34.0. The molecule has 0 saturated carbocycles. The summed E-state index contributed by atoms with van der Waals surface area (Å²) >= 11 is 0. The average molecular weight is 580 g/mol. The van der Waals surface area contributed by atoms with E-state index in [1.165, 1.54) is 12.7 Å². The summed E-state index contributed by atoms with van der Waals surface area (Å²) in [5, 5.41) is 5.12. The molecule has 1 aliphatic carbocycles. The van der Waals surface area contributed by atoms with Gasteiger partial charge in [0.1, 0.15) is 11.6 Å². The van der Waals surface area contributed by atoms with Crippen LogP contribution in [0.4, 0.5) is 4.79 Å². The van der Waals surface area contributed by atoms with Gasteiger partial charge in [0.05, 0.1) is 36.1 Å². The molecule has 2 aliphatic heterocycles. The molecular formula is C33H37BN4O5. The van der Waals surface area contributed by atoms with Gasteiger partial charge < -0.3 is 28.9 Å². The Morgan fingerprint density at radius 1 is 1.09 bits per heavy atom. The quantitative estimate of drug-likeness (QED) is 0.335. The number of H-pyrrole nitrogens is 1. The maximum atomic E-state index is 13.7. The molecule has 4 heterocycles. The van der Waals surface area contributed by atoms with Crippen LogP contribution in [-0.4, -0.2) is 57.9 Å². The number of rotatable bonds is 4. The van der Waals surface area contributed by atoms with Crippen molar-refractivity contribution < 1.29 is 23.6 Å². The number of imidazole rings is 1. The number of carbonyl (C=O) groups is 2. The van der Waals surface area contributed by atoms with Crippen molar-refractivity contribution in [1.29, 1.82) is 0 Å². The molecule has 1 unspecified atom stereocenters. The maximum absolute atomic E-state index is 13.7. The fourth-order valence-electron chi connectivity index (χ4n) is 6.79. The molecule has 9 nitrogen and oxygen atoms in total. The molecule has 2 aromatic heterocycles. The Kier molecular flexibility index (Phi) is 6.55. The molecule has 3 aliphatic rings. The highest BCUT2D eigenvalue weighted by molar-refractivity contribution is 6.62. The Morgan fingerprint density at radius 2 is 1.84 bits per heavy atom. The van der Waals surface area contributed by atoms with E-state index in [0.29, 0.717) is 19.4 Å². The van der Waals surface area contributed by atoms with E-state index >= 15 is 0 Å². The third kappa shape index (κ3) is 4.77. The predicted octanol–water partition coefficient (Wildman–Crippen LogP) is 4.84. The first-order chi connectivity index (χ1) is 20.5. The molecule has 1 amide bonds. The monoisotopic (exact) mass is 580 g/mol. The maximum Gasteiger partial charge on any atom is 0.494 e. The Labute approximate surface area is 251 Å². The number of nitrogens with zero attached hydrogens (tertiary/aromatic N) is 2. The van der Waals surface area contributed by atoms with Gasteiger partial charge in [-0.05, 0) is 74.5 Å². The molecule has 1 fully saturated rings. The van der Waals surface area contributed by atoms with Crippen molar-refractivity contribution in [2.24, 2.45) is 0 Å². The number of aryl methyl sites for hydroxylation is 1. The Bertz CT molecular complexity index is 1720. The van der Waals surface area contributed by atoms with E-state index in [9.17, 15) is 9.59 Å². The second-order valence-electron chi connectivity index (χ2n) is 13.1. The lowest BCUT2D eigenvalue weighted by molar-refractivity contribution is -0.121. The van der Waals surface area contributed by atoms with E-state index in [4.69, 9.17) is 19.0 Å². The van der Waals surface area contributed by atoms with Crippen molar-refractivity contribution in [2.45, 2.75) is 82.6 Å². The normalized spacial score (nSPS) is 24.1. The molecule has 222 valence electrons. The largest absolute Gasteiger partial charge is 0.494 e. The Hall–Kier alpha value is -3.89. The molecule has 1 saturated heterocycles. The lowest BCUT2D eigenvalue weighted by atomic mass is 9.78. The van der Waals surface area contributed by atoms with E-state index in [1.807, 2.05) is 6.20 Å². The summed E-state index contributed by atoms with van der Waals surface area (Å²) in [6.07, 6.45) is 5.28. The van der Waals surface area contributed by atoms with Crippen molar-refractivity contribution >= 4 is 35.2 Å². The minimum absolute atomic E-state index is 0.106. The topological polar surface area (TPSA) is 107 Å². The molecule has 0 radical (unpaired) electrons. The zero-order valence-corrected chi connectivity index (χ0v) is 25.3. The number of ether oxygens (including phenoxy) is 1. The number of hydrogen-bond acceptors (Lipinski definition) is 6. The number of Topliss-reactive ketones (excluding diaryl/α,β-unsaturated/α-hetero) is 1. The van der Waals surface area contributed by atoms with Crippen molar-refractivity contribution in [3.63, 3.8) is 0 Å². The highest BCUT2D eigenvalue weighted by Gasteiger charge is 2.51. The molecule has 2 aromatic carbocycles. The second-order valence-corrected chi connectivity index (χ2v) is 13.1. The summed E-state index contributed by atoms with van der Waals surface area (Å²) in [7, 11) is 0.944. The highest BCUT2D eigenvalue weighted by atomic mass is 16.7. The van der Waals surface area contributed by atoms with Gasteiger partial charge in [0.2, 0.25) is 0 Å². The number of amides is 1. The third-order valence-corrected chi connectivity index (χ3v) is 9.90. The zero-order valence-electron chi connectivity index (χ0n) is 25.3. The molecular weight excluding hydrogens is 543 g/mol. The van der Waals surface area contributed by atoms with Crippen LogP contribution in [0.5, 0.6) is 0 Å². The van der Waals surface area contributed by atoms with Gasteiger partial charge in [0.25, 0.3) is 0 Å². The lowest BCUT2D eigenvalue weighted by Crippen LogP contribution is -2.44. The molecule has 3 atom stereocenters. The summed E-state index contributed by atoms with van der Waals surface area (Å²) in [6, 6.07) is 14.5. The van der Waals surface area contributed by atoms with Crippen LogP contribution < -0.4 is 10.8 Å². The van der Waals surface area contributed by atoms with Crippen molar-refractivity contribution in [3.8, 4) is 11.3 Å². The van der Waals surface area contributed by atoms with E-state index in [1.54, 1.807) is 0 Å². The van der Waals surface area contributed by atoms with Crippen LogP contribution in [0, 0.1) is 0 Å². The minimum Gasteiger partial charge on any atom is -0.453 e. The van der Waals surface area contributed by atoms with Crippen molar-refractivity contribution in [3.05, 3.63) is 71.9 Å². The minimum atomic E-state index is -0.504. The Balaban J connectivity index is 1.13. The number of benzene rings is 2. The van der Waals surface area contributed by atoms with Crippen molar-refractivity contribution in [1.82, 2.24) is 19.9 Å². The number of fused-ring (bicyclic) bond motifs is 1. The number of methoxy groups -OCH3 is 1. The van der Waals surface area contributed by atoms with Gasteiger partial charge in [-0.25, -0.2) is 9.78 Å².